The summed E-state index contributed by atoms with van der Waals surface area (Å²) < 4.78 is 7.25. The third-order valence-electron chi connectivity index (χ3n) is 5.49. The SMILES string of the molecule is COc1ccccc1NC(=O)NC1N=C(c2ccc(Cl)cc2)c2ccccc2-n2c(C)nnc21. The van der Waals surface area contributed by atoms with Gasteiger partial charge in [0, 0.05) is 16.1 Å². The zero-order valence-corrected chi connectivity index (χ0v) is 19.2. The highest BCUT2D eigenvalue weighted by Gasteiger charge is 2.29. The maximum absolute atomic E-state index is 13.0. The van der Waals surface area contributed by atoms with Crippen LogP contribution in [0.15, 0.2) is 77.8 Å². The molecule has 1 atom stereocenters. The predicted molar refractivity (Wildman–Crippen MR) is 131 cm³/mol. The fraction of sp³-hybridized carbons (Fsp3) is 0.120. The van der Waals surface area contributed by atoms with Crippen LogP contribution < -0.4 is 15.4 Å². The van der Waals surface area contributed by atoms with Gasteiger partial charge in [-0.3, -0.25) is 9.56 Å². The van der Waals surface area contributed by atoms with Crippen molar-refractivity contribution in [3.8, 4) is 11.4 Å². The zero-order valence-electron chi connectivity index (χ0n) is 18.5. The van der Waals surface area contributed by atoms with E-state index in [2.05, 4.69) is 20.8 Å². The number of amides is 2. The largest absolute Gasteiger partial charge is 0.495 e. The summed E-state index contributed by atoms with van der Waals surface area (Å²) >= 11 is 6.12. The van der Waals surface area contributed by atoms with Crippen molar-refractivity contribution < 1.29 is 9.53 Å². The van der Waals surface area contributed by atoms with E-state index in [4.69, 9.17) is 21.3 Å². The Morgan fingerprint density at radius 2 is 1.74 bits per heavy atom. The number of para-hydroxylation sites is 3. The van der Waals surface area contributed by atoms with Gasteiger partial charge in [-0.1, -0.05) is 54.1 Å². The number of ether oxygens (including phenoxy) is 1. The molecule has 2 N–H and O–H groups in total. The molecule has 0 saturated heterocycles. The van der Waals surface area contributed by atoms with E-state index in [9.17, 15) is 4.79 Å². The zero-order chi connectivity index (χ0) is 23.7. The lowest BCUT2D eigenvalue weighted by atomic mass is 10.0. The minimum absolute atomic E-state index is 0.452. The minimum Gasteiger partial charge on any atom is -0.495 e. The molecule has 3 aromatic carbocycles. The molecule has 34 heavy (non-hydrogen) atoms. The molecule has 0 bridgehead atoms. The van der Waals surface area contributed by atoms with Gasteiger partial charge < -0.3 is 15.4 Å². The molecular weight excluding hydrogens is 452 g/mol. The number of halogens is 1. The Morgan fingerprint density at radius 1 is 1.00 bits per heavy atom. The van der Waals surface area contributed by atoms with Gasteiger partial charge >= 0.3 is 6.03 Å². The monoisotopic (exact) mass is 472 g/mol. The fourth-order valence-electron chi connectivity index (χ4n) is 3.94. The van der Waals surface area contributed by atoms with Gasteiger partial charge in [0.25, 0.3) is 0 Å². The van der Waals surface area contributed by atoms with Crippen LogP contribution in [0, 0.1) is 6.92 Å². The van der Waals surface area contributed by atoms with E-state index in [0.717, 1.165) is 16.8 Å². The summed E-state index contributed by atoms with van der Waals surface area (Å²) in [5, 5.41) is 15.0. The van der Waals surface area contributed by atoms with E-state index in [1.54, 1.807) is 19.2 Å². The van der Waals surface area contributed by atoms with Crippen molar-refractivity contribution in [1.29, 1.82) is 0 Å². The number of methoxy groups -OCH3 is 1. The molecule has 1 aromatic heterocycles. The first-order chi connectivity index (χ1) is 16.5. The van der Waals surface area contributed by atoms with Crippen molar-refractivity contribution in [3.05, 3.63) is 101 Å². The first kappa shape index (κ1) is 21.7. The lowest BCUT2D eigenvalue weighted by Crippen LogP contribution is -2.33. The molecule has 0 fully saturated rings. The van der Waals surface area contributed by atoms with Crippen LogP contribution in [0.2, 0.25) is 5.02 Å². The van der Waals surface area contributed by atoms with Crippen LogP contribution in [0.5, 0.6) is 5.75 Å². The smallest absolute Gasteiger partial charge is 0.321 e. The Hall–Kier alpha value is -4.17. The van der Waals surface area contributed by atoms with E-state index in [0.29, 0.717) is 33.8 Å². The Bertz CT molecular complexity index is 1400. The van der Waals surface area contributed by atoms with E-state index < -0.39 is 12.2 Å². The second-order valence-corrected chi connectivity index (χ2v) is 8.08. The predicted octanol–water partition coefficient (Wildman–Crippen LogP) is 4.91. The molecule has 0 radical (unpaired) electrons. The number of benzene rings is 3. The molecule has 0 aliphatic carbocycles. The molecule has 8 nitrogen and oxygen atoms in total. The van der Waals surface area contributed by atoms with Crippen LogP contribution in [-0.4, -0.2) is 33.6 Å². The number of fused-ring (bicyclic) bond motifs is 3. The average molecular weight is 473 g/mol. The molecule has 170 valence electrons. The molecule has 5 rings (SSSR count). The van der Waals surface area contributed by atoms with Gasteiger partial charge in [0.2, 0.25) is 0 Å². The molecule has 0 saturated carbocycles. The van der Waals surface area contributed by atoms with Crippen molar-refractivity contribution in [2.75, 3.05) is 12.4 Å². The van der Waals surface area contributed by atoms with Gasteiger partial charge in [-0.25, -0.2) is 4.79 Å². The van der Waals surface area contributed by atoms with Crippen LogP contribution >= 0.6 is 11.6 Å². The second kappa shape index (κ2) is 8.99. The number of aromatic nitrogens is 3. The highest BCUT2D eigenvalue weighted by molar-refractivity contribution is 6.30. The van der Waals surface area contributed by atoms with E-state index >= 15 is 0 Å². The number of carbonyl (C=O) groups is 1. The van der Waals surface area contributed by atoms with Crippen molar-refractivity contribution in [3.63, 3.8) is 0 Å². The summed E-state index contributed by atoms with van der Waals surface area (Å²) in [6, 6.07) is 22.0. The Kier molecular flexibility index (Phi) is 5.73. The number of rotatable bonds is 4. The summed E-state index contributed by atoms with van der Waals surface area (Å²) in [6.45, 7) is 1.87. The summed E-state index contributed by atoms with van der Waals surface area (Å²) in [6.07, 6.45) is -0.797. The molecule has 2 amide bonds. The number of aliphatic imine (C=N–C) groups is 1. The Labute approximate surface area is 201 Å². The third kappa shape index (κ3) is 3.99. The van der Waals surface area contributed by atoms with Crippen molar-refractivity contribution in [2.45, 2.75) is 13.1 Å². The van der Waals surface area contributed by atoms with Gasteiger partial charge in [-0.15, -0.1) is 10.2 Å². The average Bonchev–Trinajstić information content (AvgIpc) is 3.17. The van der Waals surface area contributed by atoms with Gasteiger partial charge in [-0.05, 0) is 37.3 Å². The maximum Gasteiger partial charge on any atom is 0.321 e. The lowest BCUT2D eigenvalue weighted by Gasteiger charge is -2.16. The van der Waals surface area contributed by atoms with Crippen molar-refractivity contribution in [2.24, 2.45) is 4.99 Å². The molecule has 1 unspecified atom stereocenters. The summed E-state index contributed by atoms with van der Waals surface area (Å²) in [4.78, 5) is 18.0. The van der Waals surface area contributed by atoms with Gasteiger partial charge in [0.15, 0.2) is 12.0 Å². The van der Waals surface area contributed by atoms with Gasteiger partial charge in [0.05, 0.1) is 24.2 Å². The quantitative estimate of drug-likeness (QED) is 0.441. The number of hydrogen-bond donors (Lipinski definition) is 2. The number of aryl methyl sites for hydroxylation is 1. The lowest BCUT2D eigenvalue weighted by molar-refractivity contribution is 0.248. The molecule has 4 aromatic rings. The van der Waals surface area contributed by atoms with E-state index in [1.165, 1.54) is 0 Å². The molecular formula is C25H21ClN6O2. The standard InChI is InChI=1S/C25H21ClN6O2/c1-15-30-31-24-23(29-25(33)27-19-8-4-6-10-21(19)34-2)28-22(16-11-13-17(26)14-12-16)18-7-3-5-9-20(18)32(15)24/h3-14,23H,1-2H3,(H2,27,29,33). The third-order valence-corrected chi connectivity index (χ3v) is 5.75. The van der Waals surface area contributed by atoms with Crippen LogP contribution in [0.4, 0.5) is 10.5 Å². The fourth-order valence-corrected chi connectivity index (χ4v) is 4.07. The highest BCUT2D eigenvalue weighted by atomic mass is 35.5. The number of urea groups is 1. The molecule has 1 aliphatic heterocycles. The molecule has 1 aliphatic rings. The molecule has 2 heterocycles. The minimum atomic E-state index is -0.797. The summed E-state index contributed by atoms with van der Waals surface area (Å²) in [7, 11) is 1.55. The van der Waals surface area contributed by atoms with E-state index in [-0.39, 0.29) is 0 Å². The maximum atomic E-state index is 13.0. The first-order valence-electron chi connectivity index (χ1n) is 10.6. The second-order valence-electron chi connectivity index (χ2n) is 7.64. The van der Waals surface area contributed by atoms with Crippen molar-refractivity contribution in [1.82, 2.24) is 20.1 Å². The van der Waals surface area contributed by atoms with Gasteiger partial charge in [-0.2, -0.15) is 0 Å². The van der Waals surface area contributed by atoms with Crippen molar-refractivity contribution >= 4 is 29.0 Å². The topological polar surface area (TPSA) is 93.4 Å². The number of carbonyl (C=O) groups excluding carboxylic acids is 1. The van der Waals surface area contributed by atoms with Crippen LogP contribution in [-0.2, 0) is 0 Å². The molecule has 0 spiro atoms. The number of nitrogens with zero attached hydrogens (tertiary/aromatic N) is 4. The van der Waals surface area contributed by atoms with Crippen LogP contribution in [0.3, 0.4) is 0 Å². The molecule has 9 heteroatoms. The highest BCUT2D eigenvalue weighted by Crippen LogP contribution is 2.30. The van der Waals surface area contributed by atoms with Crippen LogP contribution in [0.25, 0.3) is 5.69 Å². The first-order valence-corrected chi connectivity index (χ1v) is 11.0. The normalized spacial score (nSPS) is 14.3. The number of anilines is 1. The van der Waals surface area contributed by atoms with E-state index in [1.807, 2.05) is 72.2 Å². The Balaban J connectivity index is 1.58. The number of nitrogens with one attached hydrogen (secondary N) is 2. The number of hydrogen-bond acceptors (Lipinski definition) is 5. The van der Waals surface area contributed by atoms with Gasteiger partial charge in [0.1, 0.15) is 11.6 Å². The van der Waals surface area contributed by atoms with Crippen LogP contribution in [0.1, 0.15) is 28.9 Å². The Morgan fingerprint density at radius 3 is 2.53 bits per heavy atom. The summed E-state index contributed by atoms with van der Waals surface area (Å²) in [5.41, 5.74) is 3.88. The summed E-state index contributed by atoms with van der Waals surface area (Å²) in [5.74, 6) is 1.74.